The number of morpholine rings is 1. The Kier molecular flexibility index (Phi) is 10.4. The number of ether oxygens (including phenoxy) is 3. The highest BCUT2D eigenvalue weighted by molar-refractivity contribution is 6.02. The molecular formula is C32H41N3O10. The highest BCUT2D eigenvalue weighted by atomic mass is 16.7. The van der Waals surface area contributed by atoms with Gasteiger partial charge in [0.05, 0.1) is 30.9 Å². The third kappa shape index (κ3) is 6.99. The van der Waals surface area contributed by atoms with E-state index in [1.807, 2.05) is 38.1 Å². The summed E-state index contributed by atoms with van der Waals surface area (Å²) in [5.74, 6) is -0.521. The predicted molar refractivity (Wildman–Crippen MR) is 162 cm³/mol. The van der Waals surface area contributed by atoms with Crippen LogP contribution in [0.3, 0.4) is 0 Å². The van der Waals surface area contributed by atoms with Crippen molar-refractivity contribution in [1.82, 2.24) is 15.4 Å². The van der Waals surface area contributed by atoms with E-state index in [-0.39, 0.29) is 28.9 Å². The quantitative estimate of drug-likeness (QED) is 0.191. The molecule has 5 rings (SSSR count). The van der Waals surface area contributed by atoms with E-state index in [2.05, 4.69) is 15.4 Å². The van der Waals surface area contributed by atoms with Gasteiger partial charge in [0.2, 0.25) is 6.29 Å². The van der Waals surface area contributed by atoms with Crippen molar-refractivity contribution in [2.75, 3.05) is 39.5 Å². The molecule has 2 saturated heterocycles. The van der Waals surface area contributed by atoms with Crippen molar-refractivity contribution in [3.05, 3.63) is 53.2 Å². The summed E-state index contributed by atoms with van der Waals surface area (Å²) in [5, 5.41) is 58.7. The second-order valence-electron chi connectivity index (χ2n) is 11.6. The second kappa shape index (κ2) is 14.3. The standard InChI is InChI=1S/C32H41N3O10/c1-4-33-31(41)26-25(19-7-5-18(6-8-19)15-35-9-11-42-12-10-35)30(45-34-26)21-13-20(17(2)3)22(37)14-23(21)43-32-29(40)28(39)27(38)24(16-36)44-32/h5-8,13-14,17,24,27-29,32,36-40H,4,9-12,15-16H2,1-3H3,(H,33,41)/t24-,27+,28+,29-,32-/m1/s1. The van der Waals surface area contributed by atoms with Gasteiger partial charge in [0.15, 0.2) is 11.5 Å². The summed E-state index contributed by atoms with van der Waals surface area (Å²) in [6, 6.07) is 10.7. The molecule has 0 saturated carbocycles. The minimum Gasteiger partial charge on any atom is -0.508 e. The van der Waals surface area contributed by atoms with Crippen molar-refractivity contribution < 1.29 is 49.1 Å². The molecule has 2 aliphatic heterocycles. The zero-order valence-electron chi connectivity index (χ0n) is 25.5. The Balaban J connectivity index is 1.59. The van der Waals surface area contributed by atoms with E-state index >= 15 is 0 Å². The summed E-state index contributed by atoms with van der Waals surface area (Å²) in [6.07, 6.45) is -7.68. The molecule has 5 atom stereocenters. The fourth-order valence-electron chi connectivity index (χ4n) is 5.55. The molecule has 13 heteroatoms. The van der Waals surface area contributed by atoms with Gasteiger partial charge in [-0.05, 0) is 35.6 Å². The summed E-state index contributed by atoms with van der Waals surface area (Å²) < 4.78 is 22.9. The zero-order valence-corrected chi connectivity index (χ0v) is 25.5. The Morgan fingerprint density at radius 2 is 1.80 bits per heavy atom. The SMILES string of the molecule is CCNC(=O)c1noc(-c2cc(C(C)C)c(O)cc2O[C@@H]2O[C@H](CO)[C@H](O)[C@H](O)[C@H]2O)c1-c1ccc(CN2CCOCC2)cc1. The van der Waals surface area contributed by atoms with Gasteiger partial charge in [0, 0.05) is 32.2 Å². The van der Waals surface area contributed by atoms with E-state index in [0.29, 0.717) is 42.0 Å². The smallest absolute Gasteiger partial charge is 0.274 e. The lowest BCUT2D eigenvalue weighted by molar-refractivity contribution is -0.277. The highest BCUT2D eigenvalue weighted by Crippen LogP contribution is 2.44. The van der Waals surface area contributed by atoms with Crippen LogP contribution in [0.25, 0.3) is 22.5 Å². The van der Waals surface area contributed by atoms with Gasteiger partial charge in [0.1, 0.15) is 35.9 Å². The lowest BCUT2D eigenvalue weighted by Crippen LogP contribution is -2.60. The molecule has 1 amide bonds. The third-order valence-electron chi connectivity index (χ3n) is 8.08. The van der Waals surface area contributed by atoms with Gasteiger partial charge in [-0.2, -0.15) is 0 Å². The first-order valence-electron chi connectivity index (χ1n) is 15.1. The first-order valence-corrected chi connectivity index (χ1v) is 15.1. The maximum absolute atomic E-state index is 13.2. The third-order valence-corrected chi connectivity index (χ3v) is 8.08. The zero-order chi connectivity index (χ0) is 32.2. The Labute approximate surface area is 260 Å². The molecule has 0 radical (unpaired) electrons. The van der Waals surface area contributed by atoms with Crippen molar-refractivity contribution in [1.29, 1.82) is 0 Å². The molecule has 0 bridgehead atoms. The predicted octanol–water partition coefficient (Wildman–Crippen LogP) is 1.60. The van der Waals surface area contributed by atoms with E-state index in [9.17, 15) is 30.3 Å². The van der Waals surface area contributed by atoms with Crippen LogP contribution in [0.15, 0.2) is 40.9 Å². The molecule has 6 N–H and O–H groups in total. The normalized spacial score (nSPS) is 24.1. The Morgan fingerprint density at radius 3 is 2.44 bits per heavy atom. The minimum atomic E-state index is -1.69. The summed E-state index contributed by atoms with van der Waals surface area (Å²) >= 11 is 0. The van der Waals surface area contributed by atoms with E-state index in [1.54, 1.807) is 13.0 Å². The summed E-state index contributed by atoms with van der Waals surface area (Å²) in [5.41, 5.74) is 3.01. The topological polar surface area (TPSA) is 187 Å². The van der Waals surface area contributed by atoms with Crippen molar-refractivity contribution in [2.45, 2.75) is 63.9 Å². The van der Waals surface area contributed by atoms with Crippen molar-refractivity contribution in [3.63, 3.8) is 0 Å². The van der Waals surface area contributed by atoms with Crippen LogP contribution in [0, 0.1) is 0 Å². The molecule has 3 heterocycles. The maximum atomic E-state index is 13.2. The van der Waals surface area contributed by atoms with Gasteiger partial charge < -0.3 is 49.6 Å². The number of phenols is 1. The van der Waals surface area contributed by atoms with Crippen LogP contribution in [0.5, 0.6) is 11.5 Å². The number of amides is 1. The van der Waals surface area contributed by atoms with Crippen LogP contribution < -0.4 is 10.1 Å². The van der Waals surface area contributed by atoms with Crippen LogP contribution in [0.4, 0.5) is 0 Å². The first-order chi connectivity index (χ1) is 21.6. The molecular weight excluding hydrogens is 586 g/mol. The average Bonchev–Trinajstić information content (AvgIpc) is 3.47. The number of rotatable bonds is 10. The molecule has 0 aliphatic carbocycles. The number of carbonyl (C=O) groups is 1. The van der Waals surface area contributed by atoms with Gasteiger partial charge in [0.25, 0.3) is 5.91 Å². The van der Waals surface area contributed by atoms with E-state index in [0.717, 1.165) is 25.2 Å². The molecule has 2 fully saturated rings. The van der Waals surface area contributed by atoms with Gasteiger partial charge in [-0.15, -0.1) is 0 Å². The number of phenolic OH excluding ortho intramolecular Hbond substituents is 1. The minimum absolute atomic E-state index is 0.00924. The largest absolute Gasteiger partial charge is 0.508 e. The van der Waals surface area contributed by atoms with E-state index in [4.69, 9.17) is 18.7 Å². The van der Waals surface area contributed by atoms with E-state index in [1.165, 1.54) is 6.07 Å². The molecule has 244 valence electrons. The van der Waals surface area contributed by atoms with Gasteiger partial charge >= 0.3 is 0 Å². The number of nitrogens with zero attached hydrogens (tertiary/aromatic N) is 2. The van der Waals surface area contributed by atoms with Crippen molar-refractivity contribution in [3.8, 4) is 33.9 Å². The monoisotopic (exact) mass is 627 g/mol. The van der Waals surface area contributed by atoms with Crippen LogP contribution in [0.2, 0.25) is 0 Å². The van der Waals surface area contributed by atoms with Crippen LogP contribution in [-0.2, 0) is 16.0 Å². The highest BCUT2D eigenvalue weighted by Gasteiger charge is 2.45. The van der Waals surface area contributed by atoms with Crippen molar-refractivity contribution >= 4 is 5.91 Å². The van der Waals surface area contributed by atoms with E-state index < -0.39 is 43.2 Å². The number of nitrogens with one attached hydrogen (secondary N) is 1. The summed E-state index contributed by atoms with van der Waals surface area (Å²) in [7, 11) is 0. The number of aromatic hydroxyl groups is 1. The number of aliphatic hydroxyl groups is 4. The number of hydrogen-bond acceptors (Lipinski definition) is 12. The molecule has 45 heavy (non-hydrogen) atoms. The lowest BCUT2D eigenvalue weighted by atomic mass is 9.93. The van der Waals surface area contributed by atoms with Gasteiger partial charge in [-0.25, -0.2) is 0 Å². The van der Waals surface area contributed by atoms with Crippen LogP contribution in [0.1, 0.15) is 48.3 Å². The fraction of sp³-hybridized carbons (Fsp3) is 0.500. The summed E-state index contributed by atoms with van der Waals surface area (Å²) in [4.78, 5) is 15.5. The number of aromatic nitrogens is 1. The lowest BCUT2D eigenvalue weighted by Gasteiger charge is -2.39. The second-order valence-corrected chi connectivity index (χ2v) is 11.6. The average molecular weight is 628 g/mol. The van der Waals surface area contributed by atoms with Gasteiger partial charge in [-0.3, -0.25) is 9.69 Å². The Hall–Kier alpha value is -3.56. The molecule has 2 aliphatic rings. The first kappa shape index (κ1) is 32.8. The Morgan fingerprint density at radius 1 is 1.09 bits per heavy atom. The molecule has 0 spiro atoms. The van der Waals surface area contributed by atoms with Crippen LogP contribution in [-0.4, -0.2) is 112 Å². The summed E-state index contributed by atoms with van der Waals surface area (Å²) in [6.45, 7) is 9.12. The molecule has 13 nitrogen and oxygen atoms in total. The molecule has 0 unspecified atom stereocenters. The fourth-order valence-corrected chi connectivity index (χ4v) is 5.55. The number of benzene rings is 2. The van der Waals surface area contributed by atoms with Crippen LogP contribution >= 0.6 is 0 Å². The molecule has 2 aromatic carbocycles. The molecule has 1 aromatic heterocycles. The number of carbonyl (C=O) groups excluding carboxylic acids is 1. The van der Waals surface area contributed by atoms with Crippen molar-refractivity contribution in [2.24, 2.45) is 0 Å². The Bertz CT molecular complexity index is 1450. The molecule has 3 aromatic rings. The number of hydrogen-bond donors (Lipinski definition) is 6. The van der Waals surface area contributed by atoms with Gasteiger partial charge in [-0.1, -0.05) is 43.3 Å². The maximum Gasteiger partial charge on any atom is 0.274 e. The number of aliphatic hydroxyl groups excluding tert-OH is 4.